The van der Waals surface area contributed by atoms with Crippen molar-refractivity contribution in [2.75, 3.05) is 33.0 Å². The largest absolute Gasteiger partial charge is 0.379 e. The Kier molecular flexibility index (Phi) is 10.8. The van der Waals surface area contributed by atoms with Gasteiger partial charge in [0, 0.05) is 13.2 Å². The van der Waals surface area contributed by atoms with Crippen LogP contribution in [0, 0.1) is 0 Å². The summed E-state index contributed by atoms with van der Waals surface area (Å²) in [5.41, 5.74) is 0. The molecule has 0 aromatic rings. The van der Waals surface area contributed by atoms with Gasteiger partial charge in [-0.15, -0.1) is 0 Å². The molecule has 0 aliphatic heterocycles. The van der Waals surface area contributed by atoms with E-state index in [2.05, 4.69) is 6.92 Å². The quantitative estimate of drug-likeness (QED) is 0.403. The molecule has 0 bridgehead atoms. The third-order valence-electron chi connectivity index (χ3n) is 1.64. The Balaban J connectivity index is 3.15. The van der Waals surface area contributed by atoms with Gasteiger partial charge in [-0.05, 0) is 20.3 Å². The first kappa shape index (κ1) is 13.8. The Labute approximate surface area is 87.0 Å². The van der Waals surface area contributed by atoms with Crippen LogP contribution in [0.3, 0.4) is 0 Å². The number of hydroxylamine groups is 2. The molecule has 0 heterocycles. The predicted molar refractivity (Wildman–Crippen MR) is 55.7 cm³/mol. The van der Waals surface area contributed by atoms with Crippen molar-refractivity contribution in [1.82, 2.24) is 5.23 Å². The minimum atomic E-state index is 0.553. The zero-order chi connectivity index (χ0) is 10.6. The standard InChI is InChI=1S/C10H23NO3/c1-4-7-8-12-9-10-14-11(5-2)13-6-3/h4-10H2,1-3H3. The third kappa shape index (κ3) is 8.44. The van der Waals surface area contributed by atoms with Crippen molar-refractivity contribution in [3.8, 4) is 0 Å². The summed E-state index contributed by atoms with van der Waals surface area (Å²) in [5.74, 6) is 0. The zero-order valence-corrected chi connectivity index (χ0v) is 9.62. The second kappa shape index (κ2) is 10.9. The van der Waals surface area contributed by atoms with Gasteiger partial charge in [-0.1, -0.05) is 18.6 Å². The van der Waals surface area contributed by atoms with Gasteiger partial charge in [0.05, 0.1) is 19.8 Å². The van der Waals surface area contributed by atoms with Crippen molar-refractivity contribution in [2.45, 2.75) is 33.6 Å². The van der Waals surface area contributed by atoms with Crippen LogP contribution in [0.4, 0.5) is 0 Å². The Bertz CT molecular complexity index is 112. The molecule has 0 rings (SSSR count). The molecule has 0 spiro atoms. The van der Waals surface area contributed by atoms with Crippen molar-refractivity contribution in [1.29, 1.82) is 0 Å². The Morgan fingerprint density at radius 3 is 2.29 bits per heavy atom. The molecule has 14 heavy (non-hydrogen) atoms. The lowest BCUT2D eigenvalue weighted by molar-refractivity contribution is -0.366. The molecular formula is C10H23NO3. The summed E-state index contributed by atoms with van der Waals surface area (Å²) in [6.07, 6.45) is 2.28. The maximum absolute atomic E-state index is 5.34. The fraction of sp³-hybridized carbons (Fsp3) is 1.00. The maximum Gasteiger partial charge on any atom is 0.0945 e. The van der Waals surface area contributed by atoms with Crippen LogP contribution in [-0.2, 0) is 14.4 Å². The molecule has 0 aliphatic rings. The molecule has 0 atom stereocenters. The first-order chi connectivity index (χ1) is 6.85. The van der Waals surface area contributed by atoms with E-state index in [1.54, 1.807) is 0 Å². The Morgan fingerprint density at radius 1 is 0.929 bits per heavy atom. The van der Waals surface area contributed by atoms with Gasteiger partial charge in [-0.2, -0.15) is 0 Å². The minimum Gasteiger partial charge on any atom is -0.379 e. The summed E-state index contributed by atoms with van der Waals surface area (Å²) in [6.45, 7) is 9.42. The van der Waals surface area contributed by atoms with Crippen molar-refractivity contribution in [3.63, 3.8) is 0 Å². The van der Waals surface area contributed by atoms with E-state index >= 15 is 0 Å². The molecule has 86 valence electrons. The van der Waals surface area contributed by atoms with Gasteiger partial charge in [0.15, 0.2) is 0 Å². The van der Waals surface area contributed by atoms with Gasteiger partial charge >= 0.3 is 0 Å². The molecule has 0 unspecified atom stereocenters. The van der Waals surface area contributed by atoms with Gasteiger partial charge < -0.3 is 4.74 Å². The van der Waals surface area contributed by atoms with Crippen molar-refractivity contribution in [2.24, 2.45) is 0 Å². The zero-order valence-electron chi connectivity index (χ0n) is 9.62. The van der Waals surface area contributed by atoms with Crippen LogP contribution in [0.25, 0.3) is 0 Å². The van der Waals surface area contributed by atoms with E-state index in [1.807, 2.05) is 13.8 Å². The third-order valence-corrected chi connectivity index (χ3v) is 1.64. The fourth-order valence-electron chi connectivity index (χ4n) is 0.910. The van der Waals surface area contributed by atoms with Crippen LogP contribution < -0.4 is 0 Å². The Morgan fingerprint density at radius 2 is 1.71 bits per heavy atom. The van der Waals surface area contributed by atoms with E-state index in [4.69, 9.17) is 14.4 Å². The summed E-state index contributed by atoms with van der Waals surface area (Å²) in [7, 11) is 0. The topological polar surface area (TPSA) is 30.9 Å². The molecule has 4 nitrogen and oxygen atoms in total. The molecule has 0 fully saturated rings. The second-order valence-electron chi connectivity index (χ2n) is 2.87. The normalized spacial score (nSPS) is 11.1. The van der Waals surface area contributed by atoms with Crippen molar-refractivity contribution < 1.29 is 14.4 Å². The first-order valence-electron chi connectivity index (χ1n) is 5.46. The van der Waals surface area contributed by atoms with Crippen LogP contribution in [0.5, 0.6) is 0 Å². The fourth-order valence-corrected chi connectivity index (χ4v) is 0.910. The van der Waals surface area contributed by atoms with Crippen molar-refractivity contribution >= 4 is 0 Å². The van der Waals surface area contributed by atoms with E-state index in [1.165, 1.54) is 11.6 Å². The minimum absolute atomic E-state index is 0.553. The number of unbranched alkanes of at least 4 members (excludes halogenated alkanes) is 1. The lowest BCUT2D eigenvalue weighted by Crippen LogP contribution is -2.26. The number of ether oxygens (including phenoxy) is 1. The monoisotopic (exact) mass is 205 g/mol. The molecule has 0 N–H and O–H groups in total. The maximum atomic E-state index is 5.34. The molecule has 0 saturated heterocycles. The lowest BCUT2D eigenvalue weighted by Gasteiger charge is -2.18. The van der Waals surface area contributed by atoms with Crippen LogP contribution in [0.2, 0.25) is 0 Å². The average Bonchev–Trinajstić information content (AvgIpc) is 2.21. The van der Waals surface area contributed by atoms with Crippen LogP contribution in [0.15, 0.2) is 0 Å². The summed E-state index contributed by atoms with van der Waals surface area (Å²) in [4.78, 5) is 10.5. The number of rotatable bonds is 10. The molecule has 0 saturated carbocycles. The van der Waals surface area contributed by atoms with Crippen molar-refractivity contribution in [3.05, 3.63) is 0 Å². The molecule has 0 aliphatic carbocycles. The van der Waals surface area contributed by atoms with Crippen LogP contribution in [-0.4, -0.2) is 38.2 Å². The molecule has 0 aromatic carbocycles. The molecule has 0 aromatic heterocycles. The van der Waals surface area contributed by atoms with Gasteiger partial charge in [0.25, 0.3) is 0 Å². The molecule has 4 heteroatoms. The first-order valence-corrected chi connectivity index (χ1v) is 5.46. The predicted octanol–water partition coefficient (Wildman–Crippen LogP) is 2.01. The van der Waals surface area contributed by atoms with Crippen LogP contribution >= 0.6 is 0 Å². The van der Waals surface area contributed by atoms with Gasteiger partial charge in [0.1, 0.15) is 0 Å². The highest BCUT2D eigenvalue weighted by Crippen LogP contribution is 1.92. The molecule has 0 radical (unpaired) electrons. The SMILES string of the molecule is CCCCOCCON(CC)OCC. The van der Waals surface area contributed by atoms with Gasteiger partial charge in [-0.25, -0.2) is 0 Å². The van der Waals surface area contributed by atoms with E-state index in [-0.39, 0.29) is 0 Å². The summed E-state index contributed by atoms with van der Waals surface area (Å²) in [5, 5.41) is 1.49. The number of nitrogens with zero attached hydrogens (tertiary/aromatic N) is 1. The van der Waals surface area contributed by atoms with E-state index in [0.717, 1.165) is 19.6 Å². The van der Waals surface area contributed by atoms with E-state index in [9.17, 15) is 0 Å². The lowest BCUT2D eigenvalue weighted by atomic mass is 10.4. The summed E-state index contributed by atoms with van der Waals surface area (Å²) >= 11 is 0. The van der Waals surface area contributed by atoms with Gasteiger partial charge in [-0.3, -0.25) is 9.68 Å². The van der Waals surface area contributed by atoms with E-state index in [0.29, 0.717) is 19.8 Å². The smallest absolute Gasteiger partial charge is 0.0945 e. The van der Waals surface area contributed by atoms with E-state index < -0.39 is 0 Å². The summed E-state index contributed by atoms with van der Waals surface area (Å²) in [6, 6.07) is 0. The second-order valence-corrected chi connectivity index (χ2v) is 2.87. The highest BCUT2D eigenvalue weighted by atomic mass is 16.9. The average molecular weight is 205 g/mol. The van der Waals surface area contributed by atoms with Gasteiger partial charge in [0.2, 0.25) is 0 Å². The highest BCUT2D eigenvalue weighted by molar-refractivity contribution is 4.32. The number of hydrogen-bond donors (Lipinski definition) is 0. The Hall–Kier alpha value is -0.160. The highest BCUT2D eigenvalue weighted by Gasteiger charge is 2.00. The van der Waals surface area contributed by atoms with Crippen LogP contribution in [0.1, 0.15) is 33.6 Å². The summed E-state index contributed by atoms with van der Waals surface area (Å²) < 4.78 is 5.34. The number of hydrogen-bond acceptors (Lipinski definition) is 4. The molecular weight excluding hydrogens is 182 g/mol. The molecule has 0 amide bonds.